The molecule has 0 aliphatic carbocycles. The number of oxazole rings is 1. The van der Waals surface area contributed by atoms with Gasteiger partial charge in [0, 0.05) is 32.6 Å². The van der Waals surface area contributed by atoms with Crippen molar-refractivity contribution in [2.45, 2.75) is 39.3 Å². The van der Waals surface area contributed by atoms with Gasteiger partial charge in [-0.2, -0.15) is 5.10 Å². The van der Waals surface area contributed by atoms with E-state index in [1.54, 1.807) is 0 Å². The minimum absolute atomic E-state index is 0.119. The van der Waals surface area contributed by atoms with E-state index in [4.69, 9.17) is 4.42 Å². The van der Waals surface area contributed by atoms with Crippen molar-refractivity contribution >= 4 is 17.0 Å². The van der Waals surface area contributed by atoms with E-state index >= 15 is 0 Å². The lowest BCUT2D eigenvalue weighted by Gasteiger charge is -2.10. The van der Waals surface area contributed by atoms with Crippen molar-refractivity contribution in [2.75, 3.05) is 20.1 Å². The fourth-order valence-corrected chi connectivity index (χ4v) is 3.45. The van der Waals surface area contributed by atoms with Crippen molar-refractivity contribution in [1.82, 2.24) is 25.0 Å². The predicted molar refractivity (Wildman–Crippen MR) is 103 cm³/mol. The monoisotopic (exact) mass is 367 g/mol. The molecular formula is C20H25N5O2. The molecule has 0 saturated heterocycles. The van der Waals surface area contributed by atoms with Crippen LogP contribution in [-0.2, 0) is 19.5 Å². The molecule has 2 aromatic heterocycles. The van der Waals surface area contributed by atoms with Gasteiger partial charge in [-0.15, -0.1) is 0 Å². The van der Waals surface area contributed by atoms with Crippen molar-refractivity contribution in [3.05, 3.63) is 47.1 Å². The topological polar surface area (TPSA) is 76.2 Å². The van der Waals surface area contributed by atoms with Crippen molar-refractivity contribution in [3.63, 3.8) is 0 Å². The van der Waals surface area contributed by atoms with E-state index in [-0.39, 0.29) is 5.91 Å². The van der Waals surface area contributed by atoms with Crippen LogP contribution in [0, 0.1) is 6.92 Å². The van der Waals surface area contributed by atoms with E-state index in [0.717, 1.165) is 54.8 Å². The van der Waals surface area contributed by atoms with Gasteiger partial charge in [0.1, 0.15) is 11.2 Å². The Kier molecular flexibility index (Phi) is 4.94. The maximum Gasteiger partial charge on any atom is 0.271 e. The number of rotatable bonds is 5. The molecule has 1 aromatic carbocycles. The van der Waals surface area contributed by atoms with Gasteiger partial charge in [0.05, 0.1) is 5.69 Å². The van der Waals surface area contributed by atoms with Gasteiger partial charge in [0.2, 0.25) is 0 Å². The normalized spacial score (nSPS) is 14.9. The van der Waals surface area contributed by atoms with Gasteiger partial charge < -0.3 is 14.6 Å². The summed E-state index contributed by atoms with van der Waals surface area (Å²) in [6.45, 7) is 5.35. The molecule has 4 rings (SSSR count). The van der Waals surface area contributed by atoms with Crippen molar-refractivity contribution in [3.8, 4) is 0 Å². The molecule has 7 heteroatoms. The first-order chi connectivity index (χ1) is 13.1. The van der Waals surface area contributed by atoms with Crippen LogP contribution in [0.2, 0.25) is 0 Å². The summed E-state index contributed by atoms with van der Waals surface area (Å²) in [6.07, 6.45) is 2.52. The first-order valence-corrected chi connectivity index (χ1v) is 9.48. The molecule has 1 aliphatic rings. The molecule has 0 saturated carbocycles. The van der Waals surface area contributed by atoms with Crippen LogP contribution < -0.4 is 5.32 Å². The standard InChI is InChI=1S/C20H25N5O2/c1-14-6-7-16-18(11-14)27-19(22-16)5-3-8-21-20(26)17-12-15-13-24(2)9-4-10-25(15)23-17/h6-7,11-12H,3-5,8-10,13H2,1-2H3,(H,21,26). The Hall–Kier alpha value is -2.67. The van der Waals surface area contributed by atoms with Crippen LogP contribution >= 0.6 is 0 Å². The van der Waals surface area contributed by atoms with Crippen LogP contribution in [0.5, 0.6) is 0 Å². The lowest BCUT2D eigenvalue weighted by molar-refractivity contribution is 0.0947. The molecule has 3 heterocycles. The number of amides is 1. The van der Waals surface area contributed by atoms with Crippen LogP contribution in [0.15, 0.2) is 28.7 Å². The smallest absolute Gasteiger partial charge is 0.271 e. The molecule has 1 N–H and O–H groups in total. The minimum atomic E-state index is -0.119. The third-order valence-corrected chi connectivity index (χ3v) is 4.88. The third kappa shape index (κ3) is 4.03. The molecule has 1 aliphatic heterocycles. The summed E-state index contributed by atoms with van der Waals surface area (Å²) >= 11 is 0. The highest BCUT2D eigenvalue weighted by atomic mass is 16.3. The fraction of sp³-hybridized carbons (Fsp3) is 0.450. The maximum absolute atomic E-state index is 12.4. The lowest BCUT2D eigenvalue weighted by atomic mass is 10.2. The van der Waals surface area contributed by atoms with Crippen molar-refractivity contribution in [1.29, 1.82) is 0 Å². The van der Waals surface area contributed by atoms with Crippen LogP contribution in [0.1, 0.15) is 40.5 Å². The van der Waals surface area contributed by atoms with Gasteiger partial charge in [0.25, 0.3) is 5.91 Å². The number of aromatic nitrogens is 3. The van der Waals surface area contributed by atoms with E-state index in [0.29, 0.717) is 24.6 Å². The second-order valence-corrected chi connectivity index (χ2v) is 7.27. The van der Waals surface area contributed by atoms with Crippen LogP contribution in [0.3, 0.4) is 0 Å². The molecule has 0 atom stereocenters. The third-order valence-electron chi connectivity index (χ3n) is 4.88. The molecule has 1 amide bonds. The van der Waals surface area contributed by atoms with E-state index in [1.807, 2.05) is 35.9 Å². The lowest BCUT2D eigenvalue weighted by Crippen LogP contribution is -2.25. The molecular weight excluding hydrogens is 342 g/mol. The van der Waals surface area contributed by atoms with Gasteiger partial charge in [-0.05, 0) is 50.6 Å². The van der Waals surface area contributed by atoms with Gasteiger partial charge in [-0.1, -0.05) is 6.07 Å². The molecule has 0 unspecified atom stereocenters. The summed E-state index contributed by atoms with van der Waals surface area (Å²) in [5, 5.41) is 7.42. The van der Waals surface area contributed by atoms with Crippen molar-refractivity contribution in [2.24, 2.45) is 0 Å². The maximum atomic E-state index is 12.4. The molecule has 142 valence electrons. The van der Waals surface area contributed by atoms with E-state index in [2.05, 4.69) is 27.3 Å². The first kappa shape index (κ1) is 17.7. The Labute approximate surface area is 158 Å². The molecule has 7 nitrogen and oxygen atoms in total. The number of carbonyl (C=O) groups is 1. The Morgan fingerprint density at radius 3 is 3.07 bits per heavy atom. The summed E-state index contributed by atoms with van der Waals surface area (Å²) in [7, 11) is 2.09. The molecule has 0 bridgehead atoms. The molecule has 0 radical (unpaired) electrons. The number of nitrogens with zero attached hydrogens (tertiary/aromatic N) is 4. The SMILES string of the molecule is Cc1ccc2nc(CCCNC(=O)c3cc4n(n3)CCCN(C)C4)oc2c1. The largest absolute Gasteiger partial charge is 0.441 e. The summed E-state index contributed by atoms with van der Waals surface area (Å²) in [5.74, 6) is 0.591. The van der Waals surface area contributed by atoms with Gasteiger partial charge >= 0.3 is 0 Å². The quantitative estimate of drug-likeness (QED) is 0.701. The first-order valence-electron chi connectivity index (χ1n) is 9.48. The average molecular weight is 367 g/mol. The van der Waals surface area contributed by atoms with Gasteiger partial charge in [-0.3, -0.25) is 9.48 Å². The Bertz CT molecular complexity index is 959. The number of nitrogens with one attached hydrogen (secondary N) is 1. The number of carbonyl (C=O) groups excluding carboxylic acids is 1. The molecule has 0 fully saturated rings. The number of aryl methyl sites for hydroxylation is 3. The van der Waals surface area contributed by atoms with Gasteiger partial charge in [0.15, 0.2) is 11.5 Å². The summed E-state index contributed by atoms with van der Waals surface area (Å²) in [6, 6.07) is 7.90. The van der Waals surface area contributed by atoms with Gasteiger partial charge in [-0.25, -0.2) is 4.98 Å². The zero-order chi connectivity index (χ0) is 18.8. The second kappa shape index (κ2) is 7.52. The Morgan fingerprint density at radius 2 is 2.19 bits per heavy atom. The zero-order valence-corrected chi connectivity index (χ0v) is 15.9. The number of hydrogen-bond acceptors (Lipinski definition) is 5. The van der Waals surface area contributed by atoms with E-state index in [9.17, 15) is 4.79 Å². The molecule has 0 spiro atoms. The summed E-state index contributed by atoms with van der Waals surface area (Å²) < 4.78 is 7.73. The summed E-state index contributed by atoms with van der Waals surface area (Å²) in [4.78, 5) is 19.1. The highest BCUT2D eigenvalue weighted by Gasteiger charge is 2.17. The second-order valence-electron chi connectivity index (χ2n) is 7.27. The predicted octanol–water partition coefficient (Wildman–Crippen LogP) is 2.53. The van der Waals surface area contributed by atoms with E-state index in [1.165, 1.54) is 0 Å². The Morgan fingerprint density at radius 1 is 1.30 bits per heavy atom. The molecule has 3 aromatic rings. The number of hydrogen-bond donors (Lipinski definition) is 1. The van der Waals surface area contributed by atoms with Crippen LogP contribution in [0.4, 0.5) is 0 Å². The van der Waals surface area contributed by atoms with Crippen LogP contribution in [0.25, 0.3) is 11.1 Å². The average Bonchev–Trinajstić information content (AvgIpc) is 3.17. The fourth-order valence-electron chi connectivity index (χ4n) is 3.45. The van der Waals surface area contributed by atoms with Crippen LogP contribution in [-0.4, -0.2) is 45.7 Å². The highest BCUT2D eigenvalue weighted by molar-refractivity contribution is 5.92. The number of fused-ring (bicyclic) bond motifs is 2. The summed E-state index contributed by atoms with van der Waals surface area (Å²) in [5.41, 5.74) is 4.45. The van der Waals surface area contributed by atoms with Crippen molar-refractivity contribution < 1.29 is 9.21 Å². The highest BCUT2D eigenvalue weighted by Crippen LogP contribution is 2.18. The molecule has 27 heavy (non-hydrogen) atoms. The minimum Gasteiger partial charge on any atom is -0.441 e. The zero-order valence-electron chi connectivity index (χ0n) is 15.9. The van der Waals surface area contributed by atoms with E-state index < -0.39 is 0 Å². The number of benzene rings is 1. The Balaban J connectivity index is 1.30.